The van der Waals surface area contributed by atoms with Crippen molar-refractivity contribution in [1.82, 2.24) is 15.1 Å². The van der Waals surface area contributed by atoms with Crippen molar-refractivity contribution < 1.29 is 9.72 Å². The maximum atomic E-state index is 12.7. The van der Waals surface area contributed by atoms with Gasteiger partial charge >= 0.3 is 0 Å². The van der Waals surface area contributed by atoms with Gasteiger partial charge in [0.25, 0.3) is 5.69 Å². The van der Waals surface area contributed by atoms with Gasteiger partial charge in [0, 0.05) is 37.5 Å². The first-order valence-electron chi connectivity index (χ1n) is 9.36. The van der Waals surface area contributed by atoms with E-state index < -0.39 is 11.0 Å². The van der Waals surface area contributed by atoms with Crippen LogP contribution < -0.4 is 10.2 Å². The molecule has 154 valence electrons. The van der Waals surface area contributed by atoms with E-state index in [4.69, 9.17) is 11.6 Å². The average Bonchev–Trinajstić information content (AvgIpc) is 3.17. The van der Waals surface area contributed by atoms with Crippen LogP contribution in [0.1, 0.15) is 19.8 Å². The van der Waals surface area contributed by atoms with Gasteiger partial charge in [0.1, 0.15) is 0 Å². The number of nitrogens with one attached hydrogen (secondary N) is 1. The summed E-state index contributed by atoms with van der Waals surface area (Å²) in [6.07, 6.45) is 3.71. The fourth-order valence-electron chi connectivity index (χ4n) is 3.42. The number of aromatic nitrogens is 2. The van der Waals surface area contributed by atoms with Crippen molar-refractivity contribution in [2.24, 2.45) is 0 Å². The number of non-ortho nitro benzene ring substituents is 1. The van der Waals surface area contributed by atoms with Gasteiger partial charge < -0.3 is 10.2 Å². The fraction of sp³-hybridized carbons (Fsp3) is 0.421. The second-order valence-electron chi connectivity index (χ2n) is 7.10. The number of rotatable bonds is 7. The van der Waals surface area contributed by atoms with Crippen LogP contribution in [-0.2, 0) is 4.79 Å². The lowest BCUT2D eigenvalue weighted by atomic mass is 10.1. The third-order valence-electron chi connectivity index (χ3n) is 5.19. The predicted molar refractivity (Wildman–Crippen MR) is 111 cm³/mol. The Bertz CT molecular complexity index is 882. The minimum absolute atomic E-state index is 0.128. The zero-order valence-electron chi connectivity index (χ0n) is 16.3. The summed E-state index contributed by atoms with van der Waals surface area (Å²) >= 11 is 6.08. The lowest BCUT2D eigenvalue weighted by Gasteiger charge is -2.31. The van der Waals surface area contributed by atoms with E-state index in [-0.39, 0.29) is 28.3 Å². The van der Waals surface area contributed by atoms with E-state index in [9.17, 15) is 14.9 Å². The molecule has 1 aromatic carbocycles. The van der Waals surface area contributed by atoms with Gasteiger partial charge in [0.2, 0.25) is 5.91 Å². The Kier molecular flexibility index (Phi) is 6.60. The maximum absolute atomic E-state index is 12.7. The molecule has 1 aromatic heterocycles. The first-order valence-corrected chi connectivity index (χ1v) is 9.74. The summed E-state index contributed by atoms with van der Waals surface area (Å²) in [5.74, 6) is 0.558. The molecule has 2 heterocycles. The molecule has 0 bridgehead atoms. The van der Waals surface area contributed by atoms with Gasteiger partial charge in [-0.15, -0.1) is 5.10 Å². The topological polar surface area (TPSA) is 104 Å². The molecular weight excluding hydrogens is 396 g/mol. The molecule has 10 heteroatoms. The van der Waals surface area contributed by atoms with Crippen LogP contribution in [0.4, 0.5) is 17.2 Å². The Hall–Kier alpha value is -2.78. The van der Waals surface area contributed by atoms with Crippen LogP contribution >= 0.6 is 11.6 Å². The fourth-order valence-corrected chi connectivity index (χ4v) is 3.59. The first-order chi connectivity index (χ1) is 13.9. The molecule has 2 aromatic rings. The second-order valence-corrected chi connectivity index (χ2v) is 7.50. The molecule has 0 aliphatic carbocycles. The van der Waals surface area contributed by atoms with E-state index >= 15 is 0 Å². The lowest BCUT2D eigenvalue weighted by Crippen LogP contribution is -2.46. The number of amides is 1. The van der Waals surface area contributed by atoms with Crippen molar-refractivity contribution >= 4 is 34.7 Å². The Morgan fingerprint density at radius 1 is 1.48 bits per heavy atom. The summed E-state index contributed by atoms with van der Waals surface area (Å²) in [7, 11) is 1.88. The molecule has 3 rings (SSSR count). The molecule has 0 spiro atoms. The summed E-state index contributed by atoms with van der Waals surface area (Å²) in [6, 6.07) is 7.55. The molecule has 0 radical (unpaired) electrons. The van der Waals surface area contributed by atoms with Crippen molar-refractivity contribution in [2.45, 2.75) is 31.8 Å². The predicted octanol–water partition coefficient (Wildman–Crippen LogP) is 2.97. The van der Waals surface area contributed by atoms with Gasteiger partial charge in [-0.3, -0.25) is 19.8 Å². The molecule has 2 atom stereocenters. The minimum atomic E-state index is -0.525. The van der Waals surface area contributed by atoms with Gasteiger partial charge in [0.05, 0.1) is 21.7 Å². The van der Waals surface area contributed by atoms with Gasteiger partial charge in [-0.05, 0) is 45.0 Å². The molecular formula is C19H23ClN6O3. The van der Waals surface area contributed by atoms with Crippen LogP contribution in [0.2, 0.25) is 5.02 Å². The lowest BCUT2D eigenvalue weighted by molar-refractivity contribution is -0.384. The number of carbonyl (C=O) groups excluding carboxylic acids is 1. The number of nitro groups is 1. The quantitative estimate of drug-likeness (QED) is 0.544. The monoisotopic (exact) mass is 418 g/mol. The van der Waals surface area contributed by atoms with E-state index in [1.807, 2.05) is 24.1 Å². The first kappa shape index (κ1) is 20.9. The van der Waals surface area contributed by atoms with Crippen LogP contribution in [0.25, 0.3) is 0 Å². The Morgan fingerprint density at radius 2 is 2.28 bits per heavy atom. The minimum Gasteiger partial charge on any atom is -0.351 e. The number of likely N-dealkylation sites (N-methyl/N-ethyl adjacent to an activating group) is 1. The van der Waals surface area contributed by atoms with Gasteiger partial charge in [-0.1, -0.05) is 11.6 Å². The highest BCUT2D eigenvalue weighted by atomic mass is 35.5. The molecule has 1 fully saturated rings. The van der Waals surface area contributed by atoms with Crippen molar-refractivity contribution in [1.29, 1.82) is 0 Å². The largest absolute Gasteiger partial charge is 0.351 e. The maximum Gasteiger partial charge on any atom is 0.271 e. The zero-order valence-corrected chi connectivity index (χ0v) is 17.0. The number of benzene rings is 1. The molecule has 9 nitrogen and oxygen atoms in total. The molecule has 1 aliphatic heterocycles. The SMILES string of the molecule is CC(C(=O)Nc1cc([N+](=O)[O-])ccc1Cl)N(C)CC1CCCN1c1cccnn1. The molecule has 0 saturated carbocycles. The highest BCUT2D eigenvalue weighted by Crippen LogP contribution is 2.27. The van der Waals surface area contributed by atoms with Crippen molar-refractivity contribution in [3.8, 4) is 0 Å². The van der Waals surface area contributed by atoms with E-state index in [0.717, 1.165) is 25.2 Å². The number of hydrogen-bond donors (Lipinski definition) is 1. The summed E-state index contributed by atoms with van der Waals surface area (Å²) in [4.78, 5) is 27.3. The Labute approximate surface area is 173 Å². The Balaban J connectivity index is 1.64. The molecule has 29 heavy (non-hydrogen) atoms. The smallest absolute Gasteiger partial charge is 0.271 e. The number of hydrogen-bond acceptors (Lipinski definition) is 7. The van der Waals surface area contributed by atoms with E-state index in [2.05, 4.69) is 20.4 Å². The molecule has 1 amide bonds. The van der Waals surface area contributed by atoms with Crippen LogP contribution in [0.3, 0.4) is 0 Å². The van der Waals surface area contributed by atoms with Gasteiger partial charge in [-0.2, -0.15) is 5.10 Å². The molecule has 1 N–H and O–H groups in total. The third kappa shape index (κ3) is 4.99. The van der Waals surface area contributed by atoms with E-state index in [1.165, 1.54) is 18.2 Å². The van der Waals surface area contributed by atoms with Gasteiger partial charge in [0.15, 0.2) is 5.82 Å². The molecule has 2 unspecified atom stereocenters. The Morgan fingerprint density at radius 3 is 2.97 bits per heavy atom. The number of anilines is 2. The van der Waals surface area contributed by atoms with Crippen molar-refractivity contribution in [3.63, 3.8) is 0 Å². The highest BCUT2D eigenvalue weighted by molar-refractivity contribution is 6.33. The van der Waals surface area contributed by atoms with Crippen molar-refractivity contribution in [3.05, 3.63) is 51.7 Å². The zero-order chi connectivity index (χ0) is 21.0. The van der Waals surface area contributed by atoms with Crippen LogP contribution in [0, 0.1) is 10.1 Å². The van der Waals surface area contributed by atoms with Crippen LogP contribution in [-0.4, -0.2) is 58.1 Å². The molecule has 1 saturated heterocycles. The highest BCUT2D eigenvalue weighted by Gasteiger charge is 2.29. The van der Waals surface area contributed by atoms with E-state index in [0.29, 0.717) is 6.54 Å². The van der Waals surface area contributed by atoms with E-state index in [1.54, 1.807) is 13.1 Å². The second kappa shape index (κ2) is 9.15. The third-order valence-corrected chi connectivity index (χ3v) is 5.52. The van der Waals surface area contributed by atoms with Crippen LogP contribution in [0.5, 0.6) is 0 Å². The summed E-state index contributed by atoms with van der Waals surface area (Å²) < 4.78 is 0. The summed E-state index contributed by atoms with van der Waals surface area (Å²) in [6.45, 7) is 3.37. The van der Waals surface area contributed by atoms with Gasteiger partial charge in [-0.25, -0.2) is 0 Å². The summed E-state index contributed by atoms with van der Waals surface area (Å²) in [5.41, 5.74) is 0.101. The van der Waals surface area contributed by atoms with Crippen LogP contribution in [0.15, 0.2) is 36.5 Å². The molecule has 1 aliphatic rings. The number of carbonyl (C=O) groups is 1. The number of halogens is 1. The summed E-state index contributed by atoms with van der Waals surface area (Å²) in [5, 5.41) is 22.1. The normalized spacial score (nSPS) is 17.4. The number of nitro benzene ring substituents is 1. The number of nitrogens with zero attached hydrogens (tertiary/aromatic N) is 5. The average molecular weight is 419 g/mol. The van der Waals surface area contributed by atoms with Crippen molar-refractivity contribution in [2.75, 3.05) is 30.4 Å². The standard InChI is InChI=1S/C19H23ClN6O3/c1-13(19(27)22-17-11-14(26(28)29)7-8-16(17)20)24(2)12-15-5-4-10-25(15)18-6-3-9-21-23-18/h3,6-9,11,13,15H,4-5,10,12H2,1-2H3,(H,22,27).